The van der Waals surface area contributed by atoms with E-state index in [1.807, 2.05) is 19.9 Å². The first kappa shape index (κ1) is 17.9. The van der Waals surface area contributed by atoms with Gasteiger partial charge in [0.2, 0.25) is 0 Å². The van der Waals surface area contributed by atoms with Crippen LogP contribution in [-0.2, 0) is 9.59 Å². The Hall–Kier alpha value is -1.52. The molecule has 2 N–H and O–H groups in total. The predicted molar refractivity (Wildman–Crippen MR) is 98.2 cm³/mol. The molecule has 0 radical (unpaired) electrons. The number of aliphatic hydroxyl groups is 2. The van der Waals surface area contributed by atoms with Crippen molar-refractivity contribution in [2.45, 2.75) is 52.1 Å². The minimum absolute atomic E-state index is 0.0644. The summed E-state index contributed by atoms with van der Waals surface area (Å²) in [4.78, 5) is 24.3. The van der Waals surface area contributed by atoms with Gasteiger partial charge in [-0.3, -0.25) is 9.59 Å². The Labute approximate surface area is 154 Å². The van der Waals surface area contributed by atoms with Crippen molar-refractivity contribution in [2.24, 2.45) is 28.6 Å². The number of Topliss-reactive ketones (excluding diaryl/α,β-unsaturated/α-hetero) is 1. The molecule has 0 aromatic carbocycles. The van der Waals surface area contributed by atoms with E-state index in [0.717, 1.165) is 19.3 Å². The Balaban J connectivity index is 1.79. The van der Waals surface area contributed by atoms with Crippen LogP contribution in [0.15, 0.2) is 35.5 Å². The summed E-state index contributed by atoms with van der Waals surface area (Å²) in [6, 6.07) is 0. The molecular weight excluding hydrogens is 328 g/mol. The number of carbonyl (C=O) groups excluding carboxylic acids is 2. The summed E-state index contributed by atoms with van der Waals surface area (Å²) in [6.07, 6.45) is 10.9. The first-order valence-corrected chi connectivity index (χ1v) is 9.70. The number of fused-ring (bicyclic) bond motifs is 5. The minimum atomic E-state index is -1.47. The SMILES string of the molecule is CC1CC2C3CCC4=CC(=O)C=CC4(C)C3=CCC2(C)[C@@]1(O)C(=O)CO. The van der Waals surface area contributed by atoms with Crippen molar-refractivity contribution in [1.82, 2.24) is 0 Å². The van der Waals surface area contributed by atoms with Crippen molar-refractivity contribution in [3.63, 3.8) is 0 Å². The van der Waals surface area contributed by atoms with Gasteiger partial charge in [0.15, 0.2) is 11.6 Å². The Kier molecular flexibility index (Phi) is 3.78. The van der Waals surface area contributed by atoms with Crippen LogP contribution in [0, 0.1) is 28.6 Å². The lowest BCUT2D eigenvalue weighted by Gasteiger charge is -2.53. The summed E-state index contributed by atoms with van der Waals surface area (Å²) >= 11 is 0. The van der Waals surface area contributed by atoms with E-state index >= 15 is 0 Å². The number of rotatable bonds is 2. The highest BCUT2D eigenvalue weighted by Crippen LogP contribution is 2.66. The lowest BCUT2D eigenvalue weighted by Crippen LogP contribution is -2.57. The van der Waals surface area contributed by atoms with Gasteiger partial charge in [0.05, 0.1) is 0 Å². The lowest BCUT2D eigenvalue weighted by atomic mass is 9.51. The molecule has 4 heteroatoms. The van der Waals surface area contributed by atoms with Crippen molar-refractivity contribution in [3.05, 3.63) is 35.5 Å². The molecule has 0 aromatic rings. The third-order valence-electron chi connectivity index (χ3n) is 8.10. The molecule has 2 saturated carbocycles. The number of hydrogen-bond donors (Lipinski definition) is 2. The van der Waals surface area contributed by atoms with Crippen LogP contribution in [-0.4, -0.2) is 34.0 Å². The Bertz CT molecular complexity index is 775. The lowest BCUT2D eigenvalue weighted by molar-refractivity contribution is -0.161. The maximum Gasteiger partial charge on any atom is 0.190 e. The quantitative estimate of drug-likeness (QED) is 0.746. The number of ketones is 2. The van der Waals surface area contributed by atoms with E-state index in [0.29, 0.717) is 12.3 Å². The van der Waals surface area contributed by atoms with Crippen LogP contribution in [0.4, 0.5) is 0 Å². The van der Waals surface area contributed by atoms with E-state index in [4.69, 9.17) is 0 Å². The molecule has 0 heterocycles. The molecule has 4 aliphatic rings. The van der Waals surface area contributed by atoms with Crippen LogP contribution in [0.2, 0.25) is 0 Å². The molecule has 2 fully saturated rings. The summed E-state index contributed by atoms with van der Waals surface area (Å²) < 4.78 is 0. The molecule has 0 amide bonds. The van der Waals surface area contributed by atoms with Gasteiger partial charge in [-0.15, -0.1) is 0 Å². The predicted octanol–water partition coefficient (Wildman–Crippen LogP) is 2.75. The zero-order valence-corrected chi connectivity index (χ0v) is 15.8. The van der Waals surface area contributed by atoms with Crippen molar-refractivity contribution < 1.29 is 19.8 Å². The van der Waals surface area contributed by atoms with Crippen molar-refractivity contribution in [3.8, 4) is 0 Å². The maximum absolute atomic E-state index is 12.5. The standard InChI is InChI=1S/C22H28O4/c1-13-10-18-16-5-4-14-11-15(24)6-8-20(14,2)17(16)7-9-21(18,3)22(13,26)19(25)12-23/h6-8,11,13,16,18,23,26H,4-5,9-10,12H2,1-3H3/t13?,16?,18?,20?,21?,22-/m0/s1. The fourth-order valence-electron chi connectivity index (χ4n) is 6.58. The molecule has 0 bridgehead atoms. The molecule has 6 atom stereocenters. The molecule has 0 spiro atoms. The van der Waals surface area contributed by atoms with Gasteiger partial charge >= 0.3 is 0 Å². The van der Waals surface area contributed by atoms with E-state index in [2.05, 4.69) is 13.0 Å². The van der Waals surface area contributed by atoms with E-state index < -0.39 is 23.4 Å². The van der Waals surface area contributed by atoms with E-state index in [1.165, 1.54) is 11.1 Å². The van der Waals surface area contributed by atoms with Gasteiger partial charge in [-0.25, -0.2) is 0 Å². The first-order valence-electron chi connectivity index (χ1n) is 9.70. The molecule has 5 unspecified atom stereocenters. The summed E-state index contributed by atoms with van der Waals surface area (Å²) in [6.45, 7) is 5.54. The van der Waals surface area contributed by atoms with Crippen LogP contribution in [0.25, 0.3) is 0 Å². The van der Waals surface area contributed by atoms with Crippen LogP contribution >= 0.6 is 0 Å². The molecule has 4 aliphatic carbocycles. The molecule has 26 heavy (non-hydrogen) atoms. The van der Waals surface area contributed by atoms with Crippen molar-refractivity contribution in [1.29, 1.82) is 0 Å². The fraction of sp³-hybridized carbons (Fsp3) is 0.636. The Morgan fingerprint density at radius 3 is 2.77 bits per heavy atom. The summed E-state index contributed by atoms with van der Waals surface area (Å²) in [5.41, 5.74) is 0.289. The highest BCUT2D eigenvalue weighted by molar-refractivity contribution is 6.01. The average Bonchev–Trinajstić information content (AvgIpc) is 2.83. The second-order valence-corrected chi connectivity index (χ2v) is 9.12. The highest BCUT2D eigenvalue weighted by Gasteiger charge is 2.66. The van der Waals surface area contributed by atoms with Crippen molar-refractivity contribution >= 4 is 11.6 Å². The molecule has 0 aliphatic heterocycles. The van der Waals surface area contributed by atoms with Crippen LogP contribution in [0.1, 0.15) is 46.5 Å². The Morgan fingerprint density at radius 2 is 2.08 bits per heavy atom. The van der Waals surface area contributed by atoms with E-state index in [-0.39, 0.29) is 23.0 Å². The topological polar surface area (TPSA) is 74.6 Å². The zero-order chi connectivity index (χ0) is 18.9. The number of carbonyl (C=O) groups is 2. The van der Waals surface area contributed by atoms with Gasteiger partial charge in [0.1, 0.15) is 12.2 Å². The molecular formula is C22H28O4. The number of allylic oxidation sites excluding steroid dienone is 6. The highest BCUT2D eigenvalue weighted by atomic mass is 16.3. The summed E-state index contributed by atoms with van der Waals surface area (Å²) in [5.74, 6) is -0.0376. The summed E-state index contributed by atoms with van der Waals surface area (Å²) in [5, 5.41) is 20.9. The second-order valence-electron chi connectivity index (χ2n) is 9.12. The molecule has 0 aromatic heterocycles. The fourth-order valence-corrected chi connectivity index (χ4v) is 6.58. The van der Waals surface area contributed by atoms with Gasteiger partial charge < -0.3 is 10.2 Å². The second kappa shape index (κ2) is 5.49. The molecule has 4 rings (SSSR count). The third-order valence-corrected chi connectivity index (χ3v) is 8.10. The smallest absolute Gasteiger partial charge is 0.190 e. The molecule has 0 saturated heterocycles. The monoisotopic (exact) mass is 356 g/mol. The van der Waals surface area contributed by atoms with E-state index in [9.17, 15) is 19.8 Å². The van der Waals surface area contributed by atoms with Gasteiger partial charge in [0, 0.05) is 10.8 Å². The number of hydrogen-bond acceptors (Lipinski definition) is 4. The van der Waals surface area contributed by atoms with Gasteiger partial charge in [-0.2, -0.15) is 0 Å². The average molecular weight is 356 g/mol. The normalized spacial score (nSPS) is 46.8. The van der Waals surface area contributed by atoms with Crippen LogP contribution < -0.4 is 0 Å². The Morgan fingerprint density at radius 1 is 1.35 bits per heavy atom. The molecule has 4 nitrogen and oxygen atoms in total. The van der Waals surface area contributed by atoms with Crippen LogP contribution in [0.3, 0.4) is 0 Å². The van der Waals surface area contributed by atoms with Crippen molar-refractivity contribution in [2.75, 3.05) is 6.61 Å². The number of aliphatic hydroxyl groups excluding tert-OH is 1. The minimum Gasteiger partial charge on any atom is -0.388 e. The van der Waals surface area contributed by atoms with Gasteiger partial charge in [-0.1, -0.05) is 37.1 Å². The van der Waals surface area contributed by atoms with E-state index in [1.54, 1.807) is 12.2 Å². The largest absolute Gasteiger partial charge is 0.388 e. The first-order chi connectivity index (χ1) is 12.2. The third kappa shape index (κ3) is 1.97. The van der Waals surface area contributed by atoms with Gasteiger partial charge in [-0.05, 0) is 62.5 Å². The van der Waals surface area contributed by atoms with Crippen LogP contribution in [0.5, 0.6) is 0 Å². The molecule has 140 valence electrons. The maximum atomic E-state index is 12.5. The zero-order valence-electron chi connectivity index (χ0n) is 15.8. The summed E-state index contributed by atoms with van der Waals surface area (Å²) in [7, 11) is 0. The van der Waals surface area contributed by atoms with Gasteiger partial charge in [0.25, 0.3) is 0 Å².